The summed E-state index contributed by atoms with van der Waals surface area (Å²) >= 11 is 0. The van der Waals surface area contributed by atoms with E-state index >= 15 is 0 Å². The summed E-state index contributed by atoms with van der Waals surface area (Å²) in [4.78, 5) is 13.9. The number of methoxy groups -OCH3 is 1. The van der Waals surface area contributed by atoms with Gasteiger partial charge in [-0.3, -0.25) is 4.79 Å². The highest BCUT2D eigenvalue weighted by Gasteiger charge is 2.24. The number of hydrogen-bond donors (Lipinski definition) is 1. The molecule has 1 unspecified atom stereocenters. The largest absolute Gasteiger partial charge is 0.383 e. The molecule has 0 aliphatic carbocycles. The second-order valence-corrected chi connectivity index (χ2v) is 4.01. The van der Waals surface area contributed by atoms with E-state index in [1.54, 1.807) is 12.0 Å². The molecule has 0 spiro atoms. The molecule has 0 saturated heterocycles. The normalized spacial score (nSPS) is 12.2. The number of terminal acetylenes is 1. The maximum atomic E-state index is 12.1. The van der Waals surface area contributed by atoms with Gasteiger partial charge in [0.05, 0.1) is 12.6 Å². The molecule has 0 radical (unpaired) electrons. The smallest absolute Gasteiger partial charge is 0.240 e. The topological polar surface area (TPSA) is 55.6 Å². The molecule has 1 atom stereocenters. The first-order valence-electron chi connectivity index (χ1n) is 6.10. The van der Waals surface area contributed by atoms with Crippen LogP contribution < -0.4 is 5.73 Å². The molecule has 0 rings (SSSR count). The molecule has 0 aromatic heterocycles. The molecule has 0 saturated carbocycles. The van der Waals surface area contributed by atoms with Crippen molar-refractivity contribution in [3.8, 4) is 12.3 Å². The minimum absolute atomic E-state index is 0.0753. The van der Waals surface area contributed by atoms with Crippen molar-refractivity contribution >= 4 is 5.91 Å². The van der Waals surface area contributed by atoms with Crippen LogP contribution in [0.4, 0.5) is 0 Å². The molecule has 2 N–H and O–H groups in total. The summed E-state index contributed by atoms with van der Waals surface area (Å²) in [6.45, 7) is 5.22. The van der Waals surface area contributed by atoms with Gasteiger partial charge in [0.25, 0.3) is 0 Å². The van der Waals surface area contributed by atoms with Crippen molar-refractivity contribution in [1.82, 2.24) is 4.90 Å². The lowest BCUT2D eigenvalue weighted by Crippen LogP contribution is -2.49. The Labute approximate surface area is 104 Å². The number of rotatable bonds is 8. The van der Waals surface area contributed by atoms with E-state index in [1.807, 2.05) is 0 Å². The SMILES string of the molecule is C#CCC(N)C(=O)N(CCOC)C(CC)CC. The number of nitrogens with zero attached hydrogens (tertiary/aromatic N) is 1. The molecule has 4 heteroatoms. The monoisotopic (exact) mass is 240 g/mol. The Morgan fingerprint density at radius 1 is 1.47 bits per heavy atom. The van der Waals surface area contributed by atoms with Gasteiger partial charge in [-0.25, -0.2) is 0 Å². The van der Waals surface area contributed by atoms with E-state index in [4.69, 9.17) is 16.9 Å². The molecular formula is C13H24N2O2. The zero-order chi connectivity index (χ0) is 13.3. The Bertz CT molecular complexity index is 257. The Hall–Kier alpha value is -1.05. The van der Waals surface area contributed by atoms with Crippen LogP contribution in [0.5, 0.6) is 0 Å². The van der Waals surface area contributed by atoms with E-state index in [0.29, 0.717) is 13.2 Å². The fraction of sp³-hybridized carbons (Fsp3) is 0.769. The van der Waals surface area contributed by atoms with Crippen LogP contribution in [0.25, 0.3) is 0 Å². The van der Waals surface area contributed by atoms with Gasteiger partial charge in [0.1, 0.15) is 0 Å². The first-order chi connectivity index (χ1) is 8.12. The first-order valence-corrected chi connectivity index (χ1v) is 6.10. The third-order valence-corrected chi connectivity index (χ3v) is 2.86. The van der Waals surface area contributed by atoms with Gasteiger partial charge in [-0.05, 0) is 12.8 Å². The average Bonchev–Trinajstić information content (AvgIpc) is 2.34. The Balaban J connectivity index is 4.65. The number of carbonyl (C=O) groups is 1. The van der Waals surface area contributed by atoms with Gasteiger partial charge in [-0.2, -0.15) is 0 Å². The highest BCUT2D eigenvalue weighted by atomic mass is 16.5. The summed E-state index contributed by atoms with van der Waals surface area (Å²) in [5.74, 6) is 2.36. The minimum Gasteiger partial charge on any atom is -0.383 e. The molecule has 1 amide bonds. The first kappa shape index (κ1) is 16.0. The standard InChI is InChI=1S/C13H24N2O2/c1-5-8-12(14)13(16)15(9-10-17-4)11(6-2)7-3/h1,11-12H,6-10,14H2,2-4H3. The molecule has 0 bridgehead atoms. The predicted molar refractivity (Wildman–Crippen MR) is 69.4 cm³/mol. The van der Waals surface area contributed by atoms with Crippen molar-refractivity contribution in [2.75, 3.05) is 20.3 Å². The molecule has 0 aromatic rings. The van der Waals surface area contributed by atoms with Gasteiger partial charge in [0, 0.05) is 26.1 Å². The zero-order valence-electron chi connectivity index (χ0n) is 11.1. The molecule has 17 heavy (non-hydrogen) atoms. The summed E-state index contributed by atoms with van der Waals surface area (Å²) in [5.41, 5.74) is 5.77. The number of amides is 1. The van der Waals surface area contributed by atoms with E-state index in [2.05, 4.69) is 19.8 Å². The van der Waals surface area contributed by atoms with Crippen LogP contribution >= 0.6 is 0 Å². The van der Waals surface area contributed by atoms with Gasteiger partial charge in [0.15, 0.2) is 0 Å². The maximum Gasteiger partial charge on any atom is 0.240 e. The van der Waals surface area contributed by atoms with E-state index in [1.165, 1.54) is 0 Å². The fourth-order valence-corrected chi connectivity index (χ4v) is 1.82. The quantitative estimate of drug-likeness (QED) is 0.644. The van der Waals surface area contributed by atoms with Gasteiger partial charge in [-0.15, -0.1) is 12.3 Å². The van der Waals surface area contributed by atoms with Gasteiger partial charge < -0.3 is 15.4 Å². The molecule has 0 aromatic carbocycles. The van der Waals surface area contributed by atoms with Crippen molar-refractivity contribution in [1.29, 1.82) is 0 Å². The second-order valence-electron chi connectivity index (χ2n) is 4.01. The average molecular weight is 240 g/mol. The van der Waals surface area contributed by atoms with Crippen molar-refractivity contribution in [2.24, 2.45) is 5.73 Å². The highest BCUT2D eigenvalue weighted by molar-refractivity contribution is 5.82. The molecule has 98 valence electrons. The maximum absolute atomic E-state index is 12.1. The van der Waals surface area contributed by atoms with Crippen LogP contribution in [-0.4, -0.2) is 43.2 Å². The van der Waals surface area contributed by atoms with Crippen LogP contribution in [-0.2, 0) is 9.53 Å². The summed E-state index contributed by atoms with van der Waals surface area (Å²) < 4.78 is 5.03. The predicted octanol–water partition coefficient (Wildman–Crippen LogP) is 1.00. The van der Waals surface area contributed by atoms with Gasteiger partial charge >= 0.3 is 0 Å². The van der Waals surface area contributed by atoms with Crippen LogP contribution in [0.1, 0.15) is 33.1 Å². The number of hydrogen-bond acceptors (Lipinski definition) is 3. The van der Waals surface area contributed by atoms with Crippen molar-refractivity contribution < 1.29 is 9.53 Å². The van der Waals surface area contributed by atoms with E-state index in [9.17, 15) is 4.79 Å². The van der Waals surface area contributed by atoms with Gasteiger partial charge in [-0.1, -0.05) is 13.8 Å². The minimum atomic E-state index is -0.600. The number of nitrogens with two attached hydrogens (primary N) is 1. The Kier molecular flexibility index (Phi) is 8.47. The third kappa shape index (κ3) is 5.20. The number of ether oxygens (including phenoxy) is 1. The third-order valence-electron chi connectivity index (χ3n) is 2.86. The summed E-state index contributed by atoms with van der Waals surface area (Å²) in [6, 6.07) is -0.390. The zero-order valence-corrected chi connectivity index (χ0v) is 11.1. The lowest BCUT2D eigenvalue weighted by atomic mass is 10.1. The molecule has 0 aliphatic rings. The Morgan fingerprint density at radius 2 is 2.06 bits per heavy atom. The lowest BCUT2D eigenvalue weighted by molar-refractivity contribution is -0.135. The Morgan fingerprint density at radius 3 is 2.47 bits per heavy atom. The summed E-state index contributed by atoms with van der Waals surface area (Å²) in [7, 11) is 1.62. The van der Waals surface area contributed by atoms with Crippen LogP contribution in [0, 0.1) is 12.3 Å². The lowest BCUT2D eigenvalue weighted by Gasteiger charge is -2.32. The fourth-order valence-electron chi connectivity index (χ4n) is 1.82. The van der Waals surface area contributed by atoms with Gasteiger partial charge in [0.2, 0.25) is 5.91 Å². The van der Waals surface area contributed by atoms with E-state index in [0.717, 1.165) is 12.8 Å². The van der Waals surface area contributed by atoms with E-state index in [-0.39, 0.29) is 18.4 Å². The van der Waals surface area contributed by atoms with Crippen LogP contribution in [0.3, 0.4) is 0 Å². The molecule has 0 aliphatic heterocycles. The van der Waals surface area contributed by atoms with Crippen LogP contribution in [0.2, 0.25) is 0 Å². The van der Waals surface area contributed by atoms with Crippen molar-refractivity contribution in [3.63, 3.8) is 0 Å². The molecule has 0 heterocycles. The number of carbonyl (C=O) groups excluding carboxylic acids is 1. The molecular weight excluding hydrogens is 216 g/mol. The highest BCUT2D eigenvalue weighted by Crippen LogP contribution is 2.10. The van der Waals surface area contributed by atoms with Crippen molar-refractivity contribution in [2.45, 2.75) is 45.2 Å². The van der Waals surface area contributed by atoms with Crippen LogP contribution in [0.15, 0.2) is 0 Å². The second kappa shape index (κ2) is 9.03. The van der Waals surface area contributed by atoms with E-state index < -0.39 is 6.04 Å². The molecule has 0 fully saturated rings. The van der Waals surface area contributed by atoms with Crippen molar-refractivity contribution in [3.05, 3.63) is 0 Å². The summed E-state index contributed by atoms with van der Waals surface area (Å²) in [5, 5.41) is 0. The summed E-state index contributed by atoms with van der Waals surface area (Å²) in [6.07, 6.45) is 7.29. The molecule has 4 nitrogen and oxygen atoms in total.